The Morgan fingerprint density at radius 1 is 0.579 bits per heavy atom. The summed E-state index contributed by atoms with van der Waals surface area (Å²) in [6, 6.07) is 0. The molecule has 0 aliphatic heterocycles. The Bertz CT molecular complexity index is 249. The number of hydrogen-bond acceptors (Lipinski definition) is 0. The third-order valence-electron chi connectivity index (χ3n) is 6.64. The van der Waals surface area contributed by atoms with E-state index in [0.717, 1.165) is 23.7 Å². The van der Waals surface area contributed by atoms with Crippen LogP contribution in [0.4, 0.5) is 0 Å². The van der Waals surface area contributed by atoms with Crippen molar-refractivity contribution in [3.8, 4) is 0 Å². The summed E-state index contributed by atoms with van der Waals surface area (Å²) in [4.78, 5) is 0. The molecule has 0 saturated heterocycles. The van der Waals surface area contributed by atoms with Crippen LogP contribution < -0.4 is 0 Å². The largest absolute Gasteiger partial charge is 0.0533 e. The second-order valence-electron chi connectivity index (χ2n) is 7.83. The van der Waals surface area contributed by atoms with Crippen LogP contribution in [0.25, 0.3) is 0 Å². The predicted molar refractivity (Wildman–Crippen MR) is 83.2 cm³/mol. The van der Waals surface area contributed by atoms with Crippen molar-refractivity contribution in [3.05, 3.63) is 0 Å². The summed E-state index contributed by atoms with van der Waals surface area (Å²) in [7, 11) is 0. The Kier molecular flexibility index (Phi) is 5.24. The maximum atomic E-state index is 1.58. The fraction of sp³-hybridized carbons (Fsp3) is 1.00. The fourth-order valence-electron chi connectivity index (χ4n) is 5.57. The van der Waals surface area contributed by atoms with Crippen molar-refractivity contribution < 1.29 is 0 Å². The standard InChI is InChI=1S/C19H34/c1-2-8-16(9-3-1)10-6-12-18-14-7-13-17-11-4-5-15-19(17)18/h16-19H,1-15H2. The van der Waals surface area contributed by atoms with Crippen LogP contribution in [0.3, 0.4) is 0 Å². The van der Waals surface area contributed by atoms with Crippen molar-refractivity contribution in [1.29, 1.82) is 0 Å². The molecule has 3 saturated carbocycles. The molecule has 0 aromatic carbocycles. The van der Waals surface area contributed by atoms with Gasteiger partial charge in [0, 0.05) is 0 Å². The average Bonchev–Trinajstić information content (AvgIpc) is 2.49. The molecular formula is C19H34. The van der Waals surface area contributed by atoms with Gasteiger partial charge in [0.25, 0.3) is 0 Å². The van der Waals surface area contributed by atoms with E-state index in [2.05, 4.69) is 0 Å². The monoisotopic (exact) mass is 262 g/mol. The van der Waals surface area contributed by atoms with E-state index in [1.54, 1.807) is 70.6 Å². The van der Waals surface area contributed by atoms with Gasteiger partial charge in [0.05, 0.1) is 0 Å². The lowest BCUT2D eigenvalue weighted by atomic mass is 9.64. The van der Waals surface area contributed by atoms with Crippen LogP contribution in [-0.4, -0.2) is 0 Å². The molecule has 0 radical (unpaired) electrons. The van der Waals surface area contributed by atoms with Gasteiger partial charge in [-0.2, -0.15) is 0 Å². The summed E-state index contributed by atoms with van der Waals surface area (Å²) < 4.78 is 0. The molecule has 0 spiro atoms. The van der Waals surface area contributed by atoms with Crippen molar-refractivity contribution in [1.82, 2.24) is 0 Å². The van der Waals surface area contributed by atoms with E-state index in [0.29, 0.717) is 0 Å². The molecular weight excluding hydrogens is 228 g/mol. The Morgan fingerprint density at radius 3 is 2.21 bits per heavy atom. The van der Waals surface area contributed by atoms with E-state index in [9.17, 15) is 0 Å². The summed E-state index contributed by atoms with van der Waals surface area (Å²) in [5.41, 5.74) is 0. The summed E-state index contributed by atoms with van der Waals surface area (Å²) in [5, 5.41) is 0. The number of rotatable bonds is 4. The Labute approximate surface area is 120 Å². The van der Waals surface area contributed by atoms with Crippen molar-refractivity contribution in [2.45, 2.75) is 96.3 Å². The van der Waals surface area contributed by atoms with E-state index in [1.807, 2.05) is 0 Å². The zero-order valence-corrected chi connectivity index (χ0v) is 12.9. The first kappa shape index (κ1) is 14.0. The Morgan fingerprint density at radius 2 is 1.32 bits per heavy atom. The zero-order chi connectivity index (χ0) is 12.9. The Hall–Kier alpha value is 0. The molecule has 3 aliphatic rings. The van der Waals surface area contributed by atoms with Gasteiger partial charge >= 0.3 is 0 Å². The van der Waals surface area contributed by atoms with Crippen LogP contribution >= 0.6 is 0 Å². The van der Waals surface area contributed by atoms with E-state index in [4.69, 9.17) is 0 Å². The van der Waals surface area contributed by atoms with Gasteiger partial charge in [-0.1, -0.05) is 89.9 Å². The van der Waals surface area contributed by atoms with E-state index < -0.39 is 0 Å². The highest BCUT2D eigenvalue weighted by Gasteiger charge is 2.34. The summed E-state index contributed by atoms with van der Waals surface area (Å²) >= 11 is 0. The molecule has 0 nitrogen and oxygen atoms in total. The summed E-state index contributed by atoms with van der Waals surface area (Å²) in [5.74, 6) is 4.53. The Balaban J connectivity index is 1.40. The van der Waals surface area contributed by atoms with E-state index in [1.165, 1.54) is 25.7 Å². The maximum Gasteiger partial charge on any atom is -0.0357 e. The lowest BCUT2D eigenvalue weighted by Crippen LogP contribution is -2.31. The van der Waals surface area contributed by atoms with Crippen LogP contribution in [0.1, 0.15) is 96.3 Å². The molecule has 19 heavy (non-hydrogen) atoms. The van der Waals surface area contributed by atoms with Gasteiger partial charge < -0.3 is 0 Å². The van der Waals surface area contributed by atoms with Gasteiger partial charge in [-0.05, 0) is 30.1 Å². The highest BCUT2D eigenvalue weighted by molar-refractivity contribution is 4.85. The van der Waals surface area contributed by atoms with Crippen molar-refractivity contribution in [3.63, 3.8) is 0 Å². The molecule has 0 bridgehead atoms. The van der Waals surface area contributed by atoms with Crippen LogP contribution in [0.2, 0.25) is 0 Å². The molecule has 0 aromatic heterocycles. The van der Waals surface area contributed by atoms with Crippen LogP contribution in [0.5, 0.6) is 0 Å². The SMILES string of the molecule is C1CCC(CCCC2CCCC3CCCCC32)CC1. The van der Waals surface area contributed by atoms with Gasteiger partial charge in [-0.3, -0.25) is 0 Å². The van der Waals surface area contributed by atoms with Crippen molar-refractivity contribution >= 4 is 0 Å². The van der Waals surface area contributed by atoms with Crippen LogP contribution in [0.15, 0.2) is 0 Å². The van der Waals surface area contributed by atoms with Gasteiger partial charge in [0.15, 0.2) is 0 Å². The predicted octanol–water partition coefficient (Wildman–Crippen LogP) is 6.34. The maximum absolute atomic E-state index is 1.58. The van der Waals surface area contributed by atoms with E-state index >= 15 is 0 Å². The smallest absolute Gasteiger partial charge is 0.0357 e. The lowest BCUT2D eigenvalue weighted by Gasteiger charge is -2.41. The van der Waals surface area contributed by atoms with Gasteiger partial charge in [0.1, 0.15) is 0 Å². The summed E-state index contributed by atoms with van der Waals surface area (Å²) in [6.45, 7) is 0. The molecule has 3 fully saturated rings. The molecule has 3 rings (SSSR count). The third kappa shape index (κ3) is 3.76. The topological polar surface area (TPSA) is 0 Å². The van der Waals surface area contributed by atoms with E-state index in [-0.39, 0.29) is 0 Å². The minimum absolute atomic E-state index is 1.11. The molecule has 0 heteroatoms. The molecule has 0 amide bonds. The molecule has 3 unspecified atom stereocenters. The van der Waals surface area contributed by atoms with Crippen molar-refractivity contribution in [2.75, 3.05) is 0 Å². The lowest BCUT2D eigenvalue weighted by molar-refractivity contribution is 0.0947. The average molecular weight is 262 g/mol. The first-order valence-electron chi connectivity index (χ1n) is 9.43. The van der Waals surface area contributed by atoms with Crippen LogP contribution in [0, 0.1) is 23.7 Å². The van der Waals surface area contributed by atoms with Gasteiger partial charge in [0.2, 0.25) is 0 Å². The minimum atomic E-state index is 1.11. The third-order valence-corrected chi connectivity index (χ3v) is 6.64. The second-order valence-corrected chi connectivity index (χ2v) is 7.83. The molecule has 0 N–H and O–H groups in total. The zero-order valence-electron chi connectivity index (χ0n) is 12.9. The number of fused-ring (bicyclic) bond motifs is 1. The summed E-state index contributed by atoms with van der Waals surface area (Å²) in [6.07, 6.45) is 23.3. The molecule has 0 heterocycles. The first-order chi connectivity index (χ1) is 9.43. The number of hydrogen-bond donors (Lipinski definition) is 0. The molecule has 3 aliphatic carbocycles. The minimum Gasteiger partial charge on any atom is -0.0533 e. The molecule has 0 aromatic rings. The molecule has 3 atom stereocenters. The quantitative estimate of drug-likeness (QED) is 0.554. The van der Waals surface area contributed by atoms with Crippen molar-refractivity contribution in [2.24, 2.45) is 23.7 Å². The molecule has 110 valence electrons. The highest BCUT2D eigenvalue weighted by Crippen LogP contribution is 2.45. The van der Waals surface area contributed by atoms with Gasteiger partial charge in [-0.25, -0.2) is 0 Å². The fourth-order valence-corrected chi connectivity index (χ4v) is 5.57. The normalized spacial score (nSPS) is 36.9. The first-order valence-corrected chi connectivity index (χ1v) is 9.43. The highest BCUT2D eigenvalue weighted by atomic mass is 14.4. The van der Waals surface area contributed by atoms with Gasteiger partial charge in [-0.15, -0.1) is 0 Å². The van der Waals surface area contributed by atoms with Crippen LogP contribution in [-0.2, 0) is 0 Å². The second kappa shape index (κ2) is 7.14.